The molecular weight excluding hydrogens is 805 g/mol. The minimum atomic E-state index is -0.606. The van der Waals surface area contributed by atoms with Crippen LogP contribution in [0.3, 0.4) is 0 Å². The highest BCUT2D eigenvalue weighted by Gasteiger charge is 2.23. The van der Waals surface area contributed by atoms with Crippen molar-refractivity contribution in [2.24, 2.45) is 0 Å². The van der Waals surface area contributed by atoms with Crippen LogP contribution in [0, 0.1) is 10.1 Å². The number of hydrogen-bond acceptors (Lipinski definition) is 13. The SMILES string of the molecule is CCCCCCCCCCCCCCOc1ccccc1NC(=O)c1cc(Oc2ccc(CSc3nnc(SCC(=O)OCCC)o3)cc2[N+](=O)[O-])c2ccccc2c1O. The number of nitrogens with zero attached hydrogens (tertiary/aromatic N) is 3. The summed E-state index contributed by atoms with van der Waals surface area (Å²) in [5, 5.41) is 35.6. The van der Waals surface area contributed by atoms with Crippen LogP contribution in [0.25, 0.3) is 10.8 Å². The Hall–Kier alpha value is -5.28. The number of aromatic nitrogens is 2. The van der Waals surface area contributed by atoms with Crippen LogP contribution in [-0.2, 0) is 15.3 Å². The van der Waals surface area contributed by atoms with E-state index in [-0.39, 0.29) is 56.4 Å². The van der Waals surface area contributed by atoms with Gasteiger partial charge < -0.3 is 29.1 Å². The van der Waals surface area contributed by atoms with Crippen molar-refractivity contribution in [3.8, 4) is 23.0 Å². The number of thioether (sulfide) groups is 2. The van der Waals surface area contributed by atoms with Gasteiger partial charge in [0.15, 0.2) is 0 Å². The second-order valence-corrected chi connectivity index (χ2v) is 16.2. The number of carbonyl (C=O) groups excluding carboxylic acids is 2. The molecule has 0 aliphatic rings. The van der Waals surface area contributed by atoms with Gasteiger partial charge in [0.05, 0.1) is 29.4 Å². The number of amides is 1. The van der Waals surface area contributed by atoms with E-state index in [1.807, 2.05) is 13.0 Å². The van der Waals surface area contributed by atoms with Crippen LogP contribution in [0.1, 0.15) is 113 Å². The number of ether oxygens (including phenoxy) is 3. The van der Waals surface area contributed by atoms with Crippen molar-refractivity contribution in [1.82, 2.24) is 10.2 Å². The summed E-state index contributed by atoms with van der Waals surface area (Å²) in [6, 6.07) is 19.9. The van der Waals surface area contributed by atoms with Crippen LogP contribution in [0.4, 0.5) is 11.4 Å². The molecule has 1 aromatic heterocycles. The van der Waals surface area contributed by atoms with Crippen molar-refractivity contribution in [3.63, 3.8) is 0 Å². The standard InChI is InChI=1S/C45H54N4O9S2/c1-3-5-6-7-8-9-10-11-12-13-14-19-27-55-38-23-18-17-22-36(38)46-43(52)35-29-40(33-20-15-16-21-34(33)42(35)51)57-39-25-24-32(28-37(39)49(53)54)30-59-44-47-48-45(58-44)60-31-41(50)56-26-4-2/h15-18,20-25,28-29,51H,3-14,19,26-27,30-31H2,1-2H3,(H,46,52). The quantitative estimate of drug-likeness (QED) is 0.0168. The number of nitro benzene ring substituents is 1. The highest BCUT2D eigenvalue weighted by Crippen LogP contribution is 2.41. The van der Waals surface area contributed by atoms with E-state index in [4.69, 9.17) is 18.6 Å². The van der Waals surface area contributed by atoms with Crippen molar-refractivity contribution < 1.29 is 38.2 Å². The van der Waals surface area contributed by atoms with Crippen molar-refractivity contribution in [2.45, 2.75) is 114 Å². The van der Waals surface area contributed by atoms with Gasteiger partial charge in [-0.2, -0.15) is 0 Å². The summed E-state index contributed by atoms with van der Waals surface area (Å²) >= 11 is 2.24. The molecule has 0 radical (unpaired) electrons. The van der Waals surface area contributed by atoms with Gasteiger partial charge in [-0.1, -0.05) is 150 Å². The van der Waals surface area contributed by atoms with Gasteiger partial charge >= 0.3 is 11.7 Å². The third-order valence-electron chi connectivity index (χ3n) is 9.58. The fourth-order valence-corrected chi connectivity index (χ4v) is 7.75. The van der Waals surface area contributed by atoms with Crippen LogP contribution in [0.2, 0.25) is 0 Å². The Morgan fingerprint density at radius 3 is 2.10 bits per heavy atom. The second kappa shape index (κ2) is 24.7. The maximum atomic E-state index is 13.8. The Morgan fingerprint density at radius 2 is 1.40 bits per heavy atom. The Labute approximate surface area is 359 Å². The van der Waals surface area contributed by atoms with Crippen molar-refractivity contribution >= 4 is 57.5 Å². The number of nitrogens with one attached hydrogen (secondary N) is 1. The molecule has 5 rings (SSSR count). The molecule has 0 aliphatic carbocycles. The number of carbonyl (C=O) groups is 2. The molecule has 1 heterocycles. The summed E-state index contributed by atoms with van der Waals surface area (Å²) in [6.45, 7) is 5.00. The van der Waals surface area contributed by atoms with Gasteiger partial charge in [0, 0.05) is 22.6 Å². The molecule has 2 N–H and O–H groups in total. The van der Waals surface area contributed by atoms with E-state index < -0.39 is 10.8 Å². The zero-order chi connectivity index (χ0) is 42.5. The van der Waals surface area contributed by atoms with E-state index in [0.717, 1.165) is 31.0 Å². The Bertz CT molecular complexity index is 2160. The Balaban J connectivity index is 1.20. The largest absolute Gasteiger partial charge is 0.506 e. The lowest BCUT2D eigenvalue weighted by Gasteiger charge is -2.16. The number of benzene rings is 4. The number of hydrogen-bond donors (Lipinski definition) is 2. The van der Waals surface area contributed by atoms with Gasteiger partial charge in [-0.05, 0) is 42.7 Å². The third-order valence-corrected chi connectivity index (χ3v) is 11.3. The summed E-state index contributed by atoms with van der Waals surface area (Å²) in [5.41, 5.74) is 0.654. The minimum absolute atomic E-state index is 0.0327. The fraction of sp³-hybridized carbons (Fsp3) is 0.422. The van der Waals surface area contributed by atoms with Crippen molar-refractivity contribution in [1.29, 1.82) is 0 Å². The number of phenols is 1. The summed E-state index contributed by atoms with van der Waals surface area (Å²) in [6.07, 6.45) is 15.7. The predicted octanol–water partition coefficient (Wildman–Crippen LogP) is 12.3. The maximum absolute atomic E-state index is 13.8. The molecule has 13 nitrogen and oxygen atoms in total. The number of esters is 1. The molecule has 0 aliphatic heterocycles. The van der Waals surface area contributed by atoms with E-state index in [2.05, 4.69) is 22.4 Å². The smallest absolute Gasteiger partial charge is 0.316 e. The van der Waals surface area contributed by atoms with Gasteiger partial charge in [0.2, 0.25) is 5.75 Å². The summed E-state index contributed by atoms with van der Waals surface area (Å²) in [7, 11) is 0. The molecule has 1 amide bonds. The fourth-order valence-electron chi connectivity index (χ4n) is 6.43. The van der Waals surface area contributed by atoms with Crippen LogP contribution in [0.15, 0.2) is 87.7 Å². The summed E-state index contributed by atoms with van der Waals surface area (Å²) in [4.78, 5) is 37.3. The number of para-hydroxylation sites is 2. The molecule has 0 saturated carbocycles. The number of rotatable bonds is 27. The predicted molar refractivity (Wildman–Crippen MR) is 236 cm³/mol. The van der Waals surface area contributed by atoms with Crippen molar-refractivity contribution in [2.75, 3.05) is 24.3 Å². The van der Waals surface area contributed by atoms with Crippen LogP contribution in [-0.4, -0.2) is 51.1 Å². The van der Waals surface area contributed by atoms with E-state index in [0.29, 0.717) is 41.0 Å². The van der Waals surface area contributed by atoms with Crippen LogP contribution in [0.5, 0.6) is 23.0 Å². The molecule has 60 heavy (non-hydrogen) atoms. The number of phenolic OH excluding ortho intramolecular Hbond substituents is 1. The number of nitro groups is 1. The number of anilines is 1. The highest BCUT2D eigenvalue weighted by molar-refractivity contribution is 7.99. The lowest BCUT2D eigenvalue weighted by Crippen LogP contribution is -2.14. The number of aromatic hydroxyl groups is 1. The van der Waals surface area contributed by atoms with Crippen LogP contribution < -0.4 is 14.8 Å². The molecule has 0 unspecified atom stereocenters. The molecule has 0 atom stereocenters. The number of fused-ring (bicyclic) bond motifs is 1. The van der Waals surface area contributed by atoms with E-state index in [9.17, 15) is 24.8 Å². The van der Waals surface area contributed by atoms with Gasteiger partial charge in [0.25, 0.3) is 16.4 Å². The summed E-state index contributed by atoms with van der Waals surface area (Å²) in [5.74, 6) is -0.341. The topological polar surface area (TPSA) is 176 Å². The number of unbranched alkanes of at least 4 members (excludes halogenated alkanes) is 11. The van der Waals surface area contributed by atoms with Gasteiger partial charge in [-0.25, -0.2) is 0 Å². The van der Waals surface area contributed by atoms with Gasteiger partial charge in [-0.3, -0.25) is 19.7 Å². The molecule has 15 heteroatoms. The first-order valence-corrected chi connectivity index (χ1v) is 22.7. The molecule has 0 spiro atoms. The first kappa shape index (κ1) is 45.8. The van der Waals surface area contributed by atoms with Crippen LogP contribution >= 0.6 is 23.5 Å². The van der Waals surface area contributed by atoms with Gasteiger partial charge in [-0.15, -0.1) is 10.2 Å². The molecule has 0 fully saturated rings. The monoisotopic (exact) mass is 858 g/mol. The van der Waals surface area contributed by atoms with Gasteiger partial charge in [0.1, 0.15) is 23.0 Å². The normalized spacial score (nSPS) is 11.1. The minimum Gasteiger partial charge on any atom is -0.506 e. The molecule has 0 saturated heterocycles. The van der Waals surface area contributed by atoms with E-state index in [1.54, 1.807) is 48.5 Å². The first-order valence-electron chi connectivity index (χ1n) is 20.7. The molecule has 320 valence electrons. The molecule has 0 bridgehead atoms. The summed E-state index contributed by atoms with van der Waals surface area (Å²) < 4.78 is 22.9. The Morgan fingerprint density at radius 1 is 0.750 bits per heavy atom. The highest BCUT2D eigenvalue weighted by atomic mass is 32.2. The van der Waals surface area contributed by atoms with E-state index >= 15 is 0 Å². The zero-order valence-electron chi connectivity index (χ0n) is 34.3. The zero-order valence-corrected chi connectivity index (χ0v) is 36.0. The molecule has 4 aromatic carbocycles. The average Bonchev–Trinajstić information content (AvgIpc) is 3.72. The second-order valence-electron chi connectivity index (χ2n) is 14.3. The lowest BCUT2D eigenvalue weighted by molar-refractivity contribution is -0.385. The maximum Gasteiger partial charge on any atom is 0.316 e. The Kier molecular flexibility index (Phi) is 18.9. The third kappa shape index (κ3) is 14.2. The first-order chi connectivity index (χ1) is 29.3. The lowest BCUT2D eigenvalue weighted by atomic mass is 10.0. The van der Waals surface area contributed by atoms with E-state index in [1.165, 1.54) is 94.2 Å². The molecule has 5 aromatic rings. The average molecular weight is 859 g/mol. The van der Waals surface area contributed by atoms with Crippen molar-refractivity contribution in [3.05, 3.63) is 94.0 Å². The molecular formula is C45H54N4O9S2.